The second kappa shape index (κ2) is 15.1. The van der Waals surface area contributed by atoms with Gasteiger partial charge in [-0.2, -0.15) is 0 Å². The van der Waals surface area contributed by atoms with E-state index >= 15 is 0 Å². The summed E-state index contributed by atoms with van der Waals surface area (Å²) in [5.41, 5.74) is 3.53. The summed E-state index contributed by atoms with van der Waals surface area (Å²) in [6.45, 7) is 6.96. The van der Waals surface area contributed by atoms with Crippen molar-refractivity contribution in [3.63, 3.8) is 0 Å². The summed E-state index contributed by atoms with van der Waals surface area (Å²) in [6, 6.07) is 14.0. The average molecular weight is 726 g/mol. The number of nitrogens with zero attached hydrogens (tertiary/aromatic N) is 4. The Balaban J connectivity index is 1.10. The number of fused-ring (bicyclic) bond motifs is 2. The van der Waals surface area contributed by atoms with E-state index in [1.54, 1.807) is 23.5 Å². The molecule has 3 aliphatic heterocycles. The van der Waals surface area contributed by atoms with Gasteiger partial charge in [0.1, 0.15) is 6.04 Å². The molecule has 2 N–H and O–H groups in total. The largest absolute Gasteiger partial charge is 0.341 e. The van der Waals surface area contributed by atoms with Gasteiger partial charge in [-0.25, -0.2) is 4.79 Å². The van der Waals surface area contributed by atoms with Crippen molar-refractivity contribution in [1.82, 2.24) is 30.2 Å². The number of hydrogen-bond donors (Lipinski definition) is 2. The Morgan fingerprint density at radius 2 is 1.69 bits per heavy atom. The molecule has 13 heteroatoms. The molecule has 2 aromatic carbocycles. The Bertz CT molecular complexity index is 1700. The minimum atomic E-state index is -0.647. The van der Waals surface area contributed by atoms with Crippen molar-refractivity contribution >= 4 is 58.3 Å². The SMILES string of the molecule is CNC(=O)N[C@H](Cc1cccs1)C(=O)N1C[C@@H]2C[C@@H]1CN2CCC(=O)N1CCN(C(=O)c2cc(C)cc(C)c2)C[C@H]1c1ccc(Cl)c(Cl)c1. The Kier molecular flexibility index (Phi) is 10.8. The molecule has 3 aromatic rings. The van der Waals surface area contributed by atoms with Gasteiger partial charge in [0, 0.05) is 81.7 Å². The van der Waals surface area contributed by atoms with Crippen LogP contribution in [0, 0.1) is 13.8 Å². The van der Waals surface area contributed by atoms with Gasteiger partial charge in [0.25, 0.3) is 5.91 Å². The van der Waals surface area contributed by atoms with Crippen LogP contribution in [0.5, 0.6) is 0 Å². The topological polar surface area (TPSA) is 105 Å². The summed E-state index contributed by atoms with van der Waals surface area (Å²) >= 11 is 14.2. The fourth-order valence-electron chi connectivity index (χ4n) is 7.49. The highest BCUT2D eigenvalue weighted by molar-refractivity contribution is 7.09. The number of amides is 5. The van der Waals surface area contributed by atoms with Crippen LogP contribution in [0.1, 0.15) is 50.8 Å². The van der Waals surface area contributed by atoms with Gasteiger partial charge in [0.2, 0.25) is 11.8 Å². The van der Waals surface area contributed by atoms with E-state index in [-0.39, 0.29) is 41.9 Å². The van der Waals surface area contributed by atoms with E-state index in [0.717, 1.165) is 28.0 Å². The lowest BCUT2D eigenvalue weighted by Crippen LogP contribution is -2.57. The predicted molar refractivity (Wildman–Crippen MR) is 192 cm³/mol. The zero-order valence-electron chi connectivity index (χ0n) is 28.0. The molecule has 4 atom stereocenters. The van der Waals surface area contributed by atoms with Crippen LogP contribution < -0.4 is 10.6 Å². The van der Waals surface area contributed by atoms with Gasteiger partial charge < -0.3 is 25.3 Å². The number of likely N-dealkylation sites (tertiary alicyclic amines) is 2. The predicted octanol–water partition coefficient (Wildman–Crippen LogP) is 4.91. The number of carbonyl (C=O) groups is 4. The highest BCUT2D eigenvalue weighted by atomic mass is 35.5. The summed E-state index contributed by atoms with van der Waals surface area (Å²) < 4.78 is 0. The maximum atomic E-state index is 13.9. The molecule has 1 aromatic heterocycles. The third-order valence-electron chi connectivity index (χ3n) is 9.85. The van der Waals surface area contributed by atoms with Crippen molar-refractivity contribution in [2.75, 3.05) is 46.3 Å². The number of piperazine rings is 2. The first-order chi connectivity index (χ1) is 23.5. The molecule has 0 saturated carbocycles. The molecule has 4 heterocycles. The monoisotopic (exact) mass is 724 g/mol. The lowest BCUT2D eigenvalue weighted by atomic mass is 10.00. The second-order valence-electron chi connectivity index (χ2n) is 13.2. The fraction of sp³-hybridized carbons (Fsp3) is 0.444. The molecule has 3 fully saturated rings. The van der Waals surface area contributed by atoms with Crippen LogP contribution in [0.2, 0.25) is 10.0 Å². The van der Waals surface area contributed by atoms with E-state index < -0.39 is 6.04 Å². The number of aryl methyl sites for hydroxylation is 2. The minimum absolute atomic E-state index is 0.0102. The molecule has 49 heavy (non-hydrogen) atoms. The first kappa shape index (κ1) is 35.2. The van der Waals surface area contributed by atoms with Crippen LogP contribution in [0.3, 0.4) is 0 Å². The van der Waals surface area contributed by atoms with E-state index in [4.69, 9.17) is 23.2 Å². The van der Waals surface area contributed by atoms with Crippen LogP contribution >= 0.6 is 34.5 Å². The van der Waals surface area contributed by atoms with E-state index in [1.807, 2.05) is 70.3 Å². The molecule has 3 saturated heterocycles. The molecule has 3 aliphatic rings. The first-order valence-corrected chi connectivity index (χ1v) is 18.3. The van der Waals surface area contributed by atoms with Gasteiger partial charge in [0.05, 0.1) is 16.1 Å². The Hall–Kier alpha value is -3.64. The van der Waals surface area contributed by atoms with Crippen LogP contribution in [0.4, 0.5) is 4.79 Å². The highest BCUT2D eigenvalue weighted by Gasteiger charge is 2.47. The maximum Gasteiger partial charge on any atom is 0.315 e. The standard InChI is InChI=1S/C36H42Cl2N6O4S/c1-22-13-23(2)15-25(14-22)34(46)42-10-11-43(32(21-42)24-6-7-29(37)30(38)16-24)33(45)8-9-41-19-27-17-26(41)20-44(27)35(47)31(40-36(48)39-3)18-28-5-4-12-49-28/h4-7,12-16,26-27,31-32H,8-11,17-21H2,1-3H3,(H2,39,40,48)/t26-,27+,31+,32-/m0/s1. The van der Waals surface area contributed by atoms with Crippen molar-refractivity contribution in [2.24, 2.45) is 0 Å². The minimum Gasteiger partial charge on any atom is -0.341 e. The summed E-state index contributed by atoms with van der Waals surface area (Å²) in [7, 11) is 1.54. The van der Waals surface area contributed by atoms with Crippen molar-refractivity contribution in [1.29, 1.82) is 0 Å². The molecule has 260 valence electrons. The van der Waals surface area contributed by atoms with Crippen LogP contribution in [-0.4, -0.2) is 108 Å². The van der Waals surface area contributed by atoms with Gasteiger partial charge >= 0.3 is 6.03 Å². The number of rotatable bonds is 9. The lowest BCUT2D eigenvalue weighted by molar-refractivity contribution is -0.138. The van der Waals surface area contributed by atoms with E-state index in [1.165, 1.54) is 7.05 Å². The highest BCUT2D eigenvalue weighted by Crippen LogP contribution is 2.34. The third-order valence-corrected chi connectivity index (χ3v) is 11.5. The van der Waals surface area contributed by atoms with Crippen molar-refractivity contribution < 1.29 is 19.2 Å². The molecule has 0 radical (unpaired) electrons. The smallest absolute Gasteiger partial charge is 0.315 e. The average Bonchev–Trinajstić information content (AvgIpc) is 3.85. The number of thiophene rings is 1. The second-order valence-corrected chi connectivity index (χ2v) is 15.1. The number of halogens is 2. The summed E-state index contributed by atoms with van der Waals surface area (Å²) in [5, 5.41) is 8.20. The summed E-state index contributed by atoms with van der Waals surface area (Å²) in [5.74, 6) is -0.117. The number of carbonyl (C=O) groups excluding carboxylic acids is 4. The Morgan fingerprint density at radius 1 is 0.918 bits per heavy atom. The first-order valence-electron chi connectivity index (χ1n) is 16.7. The zero-order chi connectivity index (χ0) is 34.8. The normalized spacial score (nSPS) is 21.2. The van der Waals surface area contributed by atoms with Crippen molar-refractivity contribution in [3.05, 3.63) is 91.1 Å². The number of hydrogen-bond acceptors (Lipinski definition) is 6. The molecule has 0 spiro atoms. The number of benzene rings is 2. The molecular weight excluding hydrogens is 683 g/mol. The Morgan fingerprint density at radius 3 is 2.35 bits per heavy atom. The van der Waals surface area contributed by atoms with Gasteiger partial charge in [-0.3, -0.25) is 19.3 Å². The number of nitrogens with one attached hydrogen (secondary N) is 2. The fourth-order valence-corrected chi connectivity index (χ4v) is 8.55. The van der Waals surface area contributed by atoms with E-state index in [9.17, 15) is 19.2 Å². The van der Waals surface area contributed by atoms with E-state index in [2.05, 4.69) is 15.5 Å². The third kappa shape index (κ3) is 7.90. The van der Waals surface area contributed by atoms with Crippen molar-refractivity contribution in [3.8, 4) is 0 Å². The zero-order valence-corrected chi connectivity index (χ0v) is 30.3. The molecule has 2 bridgehead atoms. The number of urea groups is 1. The van der Waals surface area contributed by atoms with Gasteiger partial charge in [-0.1, -0.05) is 52.5 Å². The molecular formula is C36H42Cl2N6O4S. The van der Waals surface area contributed by atoms with Crippen LogP contribution in [0.25, 0.3) is 0 Å². The maximum absolute atomic E-state index is 13.9. The van der Waals surface area contributed by atoms with Gasteiger partial charge in [0.15, 0.2) is 0 Å². The van der Waals surface area contributed by atoms with Gasteiger partial charge in [-0.15, -0.1) is 11.3 Å². The molecule has 0 aliphatic carbocycles. The molecule has 0 unspecified atom stereocenters. The quantitative estimate of drug-likeness (QED) is 0.327. The van der Waals surface area contributed by atoms with Gasteiger partial charge in [-0.05, 0) is 61.5 Å². The van der Waals surface area contributed by atoms with E-state index in [0.29, 0.717) is 67.7 Å². The van der Waals surface area contributed by atoms with Crippen molar-refractivity contribution in [2.45, 2.75) is 57.3 Å². The molecule has 6 rings (SSSR count). The lowest BCUT2D eigenvalue weighted by Gasteiger charge is -2.42. The van der Waals surface area contributed by atoms with Crippen LogP contribution in [0.15, 0.2) is 53.9 Å². The summed E-state index contributed by atoms with van der Waals surface area (Å²) in [4.78, 5) is 62.3. The summed E-state index contributed by atoms with van der Waals surface area (Å²) in [6.07, 6.45) is 1.61. The molecule has 5 amide bonds. The molecule has 10 nitrogen and oxygen atoms in total. The van der Waals surface area contributed by atoms with Crippen LogP contribution in [-0.2, 0) is 16.0 Å². The Labute approximate surface area is 301 Å².